The van der Waals surface area contributed by atoms with E-state index in [0.29, 0.717) is 0 Å². The highest BCUT2D eigenvalue weighted by molar-refractivity contribution is 5.72. The van der Waals surface area contributed by atoms with Gasteiger partial charge in [0.25, 0.3) is 0 Å². The Balaban J connectivity index is 4.96. The molecule has 0 rings (SSSR count). The van der Waals surface area contributed by atoms with Gasteiger partial charge in [0.1, 0.15) is 5.92 Å². The van der Waals surface area contributed by atoms with Crippen molar-refractivity contribution in [2.45, 2.75) is 31.7 Å². The van der Waals surface area contributed by atoms with E-state index in [1.807, 2.05) is 0 Å². The van der Waals surface area contributed by atoms with E-state index in [1.54, 1.807) is 0 Å². The molecule has 14 heavy (non-hydrogen) atoms. The van der Waals surface area contributed by atoms with Crippen LogP contribution < -0.4 is 0 Å². The summed E-state index contributed by atoms with van der Waals surface area (Å²) in [7, 11) is 0. The molecule has 0 saturated carbocycles. The Kier molecular flexibility index (Phi) is 3.52. The highest BCUT2D eigenvalue weighted by Gasteiger charge is 2.52. The van der Waals surface area contributed by atoms with Crippen molar-refractivity contribution in [3.8, 4) is 0 Å². The second-order valence-electron chi connectivity index (χ2n) is 3.46. The van der Waals surface area contributed by atoms with Gasteiger partial charge in [0, 0.05) is 0 Å². The second-order valence-corrected chi connectivity index (χ2v) is 3.46. The minimum absolute atomic E-state index is 0.890. The molecular weight excluding hydrogens is 205 g/mol. The molecule has 7 heteroatoms. The number of aliphatic hydroxyl groups is 2. The number of carboxylic acids is 1. The molecule has 0 bridgehead atoms. The Hall–Kier alpha value is -0.820. The van der Waals surface area contributed by atoms with E-state index < -0.39 is 29.8 Å². The van der Waals surface area contributed by atoms with Crippen LogP contribution in [0.25, 0.3) is 0 Å². The van der Waals surface area contributed by atoms with Crippen molar-refractivity contribution in [1.29, 1.82) is 0 Å². The maximum atomic E-state index is 12.0. The molecule has 3 N–H and O–H groups in total. The normalized spacial score (nSPS) is 17.6. The Morgan fingerprint density at radius 1 is 1.29 bits per heavy atom. The van der Waals surface area contributed by atoms with E-state index >= 15 is 0 Å². The van der Waals surface area contributed by atoms with Crippen LogP contribution in [0.3, 0.4) is 0 Å². The Morgan fingerprint density at radius 2 is 1.64 bits per heavy atom. The summed E-state index contributed by atoms with van der Waals surface area (Å²) in [5, 5.41) is 26.2. The van der Waals surface area contributed by atoms with Crippen molar-refractivity contribution in [3.63, 3.8) is 0 Å². The molecule has 4 nitrogen and oxygen atoms in total. The number of aliphatic carboxylic acids is 1. The lowest BCUT2D eigenvalue weighted by Crippen LogP contribution is -2.50. The van der Waals surface area contributed by atoms with E-state index in [2.05, 4.69) is 0 Å². The lowest BCUT2D eigenvalue weighted by molar-refractivity contribution is -0.239. The Morgan fingerprint density at radius 3 is 1.71 bits per heavy atom. The van der Waals surface area contributed by atoms with Crippen LogP contribution in [0.4, 0.5) is 13.2 Å². The maximum absolute atomic E-state index is 12.0. The van der Waals surface area contributed by atoms with E-state index in [-0.39, 0.29) is 0 Å². The summed E-state index contributed by atoms with van der Waals surface area (Å²) in [5.41, 5.74) is -2.15. The number of rotatable bonds is 3. The Labute approximate surface area is 78.0 Å². The first-order chi connectivity index (χ1) is 5.98. The van der Waals surface area contributed by atoms with Crippen molar-refractivity contribution in [1.82, 2.24) is 0 Å². The summed E-state index contributed by atoms with van der Waals surface area (Å²) in [6, 6.07) is 0. The summed E-state index contributed by atoms with van der Waals surface area (Å²) < 4.78 is 35.9. The van der Waals surface area contributed by atoms with Crippen molar-refractivity contribution in [2.75, 3.05) is 0 Å². The summed E-state index contributed by atoms with van der Waals surface area (Å²) in [5.74, 6) is -4.20. The lowest BCUT2D eigenvalue weighted by Gasteiger charge is -2.30. The average Bonchev–Trinajstić information content (AvgIpc) is 1.79. The van der Waals surface area contributed by atoms with Crippen molar-refractivity contribution in [2.24, 2.45) is 5.92 Å². The molecule has 0 heterocycles. The van der Waals surface area contributed by atoms with Gasteiger partial charge in [-0.2, -0.15) is 13.2 Å². The van der Waals surface area contributed by atoms with Crippen molar-refractivity contribution < 1.29 is 33.3 Å². The number of alkyl halides is 3. The number of aliphatic hydroxyl groups excluding tert-OH is 1. The van der Waals surface area contributed by atoms with Gasteiger partial charge in [0.15, 0.2) is 6.10 Å². The van der Waals surface area contributed by atoms with Crippen LogP contribution >= 0.6 is 0 Å². The predicted octanol–water partition coefficient (Wildman–Crippen LogP) is 0.381. The van der Waals surface area contributed by atoms with Crippen LogP contribution in [0, 0.1) is 5.92 Å². The van der Waals surface area contributed by atoms with Crippen LogP contribution in [-0.2, 0) is 4.79 Å². The molecule has 0 aromatic carbocycles. The largest absolute Gasteiger partial charge is 0.481 e. The summed E-state index contributed by atoms with van der Waals surface area (Å²) >= 11 is 0. The van der Waals surface area contributed by atoms with Gasteiger partial charge in [0.05, 0.1) is 5.60 Å². The maximum Gasteiger partial charge on any atom is 0.415 e. The molecule has 0 saturated heterocycles. The van der Waals surface area contributed by atoms with E-state index in [1.165, 1.54) is 0 Å². The van der Waals surface area contributed by atoms with Crippen LogP contribution in [0.5, 0.6) is 0 Å². The van der Waals surface area contributed by atoms with E-state index in [4.69, 9.17) is 15.3 Å². The highest BCUT2D eigenvalue weighted by atomic mass is 19.4. The first kappa shape index (κ1) is 13.2. The predicted molar refractivity (Wildman–Crippen MR) is 39.5 cm³/mol. The molecule has 0 radical (unpaired) electrons. The molecular formula is C7H11F3O4. The van der Waals surface area contributed by atoms with Gasteiger partial charge in [-0.25, -0.2) is 0 Å². The fraction of sp³-hybridized carbons (Fsp3) is 0.857. The van der Waals surface area contributed by atoms with Gasteiger partial charge < -0.3 is 15.3 Å². The number of halogens is 3. The van der Waals surface area contributed by atoms with Crippen LogP contribution in [0.1, 0.15) is 13.8 Å². The smallest absolute Gasteiger partial charge is 0.415 e. The summed E-state index contributed by atoms with van der Waals surface area (Å²) in [4.78, 5) is 10.4. The SMILES string of the molecule is CC(C)(O)C(C(=O)O)C(O)C(F)(F)F. The monoisotopic (exact) mass is 216 g/mol. The third kappa shape index (κ3) is 3.15. The van der Waals surface area contributed by atoms with Crippen LogP contribution in [0.2, 0.25) is 0 Å². The average molecular weight is 216 g/mol. The molecule has 0 aliphatic carbocycles. The van der Waals surface area contributed by atoms with E-state index in [0.717, 1.165) is 13.8 Å². The summed E-state index contributed by atoms with van der Waals surface area (Å²) in [6.07, 6.45) is -8.15. The minimum Gasteiger partial charge on any atom is -0.481 e. The quantitative estimate of drug-likeness (QED) is 0.637. The number of hydrogen-bond donors (Lipinski definition) is 3. The zero-order valence-electron chi connectivity index (χ0n) is 7.54. The van der Waals surface area contributed by atoms with Gasteiger partial charge in [-0.3, -0.25) is 4.79 Å². The number of carboxylic acid groups (broad SMARTS) is 1. The van der Waals surface area contributed by atoms with Gasteiger partial charge in [-0.1, -0.05) is 0 Å². The molecule has 0 aliphatic rings. The highest BCUT2D eigenvalue weighted by Crippen LogP contribution is 2.31. The molecule has 0 aliphatic heterocycles. The topological polar surface area (TPSA) is 77.8 Å². The van der Waals surface area contributed by atoms with Crippen LogP contribution in [0.15, 0.2) is 0 Å². The zero-order valence-corrected chi connectivity index (χ0v) is 7.54. The third-order valence-corrected chi connectivity index (χ3v) is 1.68. The number of carbonyl (C=O) groups is 1. The fourth-order valence-electron chi connectivity index (χ4n) is 1.01. The second kappa shape index (κ2) is 3.74. The molecule has 2 unspecified atom stereocenters. The third-order valence-electron chi connectivity index (χ3n) is 1.68. The fourth-order valence-corrected chi connectivity index (χ4v) is 1.01. The molecule has 0 amide bonds. The minimum atomic E-state index is -5.07. The van der Waals surface area contributed by atoms with Crippen molar-refractivity contribution >= 4 is 5.97 Å². The molecule has 0 spiro atoms. The number of hydrogen-bond acceptors (Lipinski definition) is 3. The van der Waals surface area contributed by atoms with Crippen LogP contribution in [-0.4, -0.2) is 39.2 Å². The zero-order chi connectivity index (χ0) is 11.7. The van der Waals surface area contributed by atoms with E-state index in [9.17, 15) is 18.0 Å². The first-order valence-corrected chi connectivity index (χ1v) is 3.68. The van der Waals surface area contributed by atoms with Gasteiger partial charge in [-0.15, -0.1) is 0 Å². The summed E-state index contributed by atoms with van der Waals surface area (Å²) in [6.45, 7) is 1.78. The molecule has 0 aromatic heterocycles. The molecule has 0 aromatic rings. The first-order valence-electron chi connectivity index (χ1n) is 3.68. The standard InChI is InChI=1S/C7H11F3O4/c1-6(2,14)3(5(12)13)4(11)7(8,9)10/h3-4,11,14H,1-2H3,(H,12,13). The van der Waals surface area contributed by atoms with Crippen molar-refractivity contribution in [3.05, 3.63) is 0 Å². The molecule has 2 atom stereocenters. The Bertz CT molecular complexity index is 218. The van der Waals surface area contributed by atoms with Gasteiger partial charge in [0.2, 0.25) is 0 Å². The van der Waals surface area contributed by atoms with Gasteiger partial charge in [-0.05, 0) is 13.8 Å². The lowest BCUT2D eigenvalue weighted by atomic mass is 9.86. The van der Waals surface area contributed by atoms with Gasteiger partial charge >= 0.3 is 12.1 Å². The molecule has 0 fully saturated rings. The molecule has 84 valence electrons.